The minimum atomic E-state index is -0.145. The highest BCUT2D eigenvalue weighted by molar-refractivity contribution is 5.96. The summed E-state index contributed by atoms with van der Waals surface area (Å²) in [7, 11) is 0. The van der Waals surface area contributed by atoms with Crippen LogP contribution in [0.2, 0.25) is 0 Å². The largest absolute Gasteiger partial charge is 0.396 e. The maximum absolute atomic E-state index is 12.0. The highest BCUT2D eigenvalue weighted by Gasteiger charge is 2.25. The number of anilines is 1. The summed E-state index contributed by atoms with van der Waals surface area (Å²) in [4.78, 5) is 23.5. The molecule has 1 aromatic carbocycles. The van der Waals surface area contributed by atoms with Crippen molar-refractivity contribution in [3.05, 3.63) is 29.8 Å². The van der Waals surface area contributed by atoms with Gasteiger partial charge in [0.2, 0.25) is 11.8 Å². The normalized spacial score (nSPS) is 17.2. The molecule has 1 aromatic rings. The van der Waals surface area contributed by atoms with Crippen LogP contribution in [0.5, 0.6) is 0 Å². The number of fused-ring (bicyclic) bond motifs is 1. The maximum Gasteiger partial charge on any atom is 0.227 e. The van der Waals surface area contributed by atoms with E-state index in [1.54, 1.807) is 0 Å². The van der Waals surface area contributed by atoms with E-state index >= 15 is 0 Å². The third-order valence-electron chi connectivity index (χ3n) is 3.49. The second kappa shape index (κ2) is 7.05. The summed E-state index contributed by atoms with van der Waals surface area (Å²) >= 11 is 0. The molecule has 2 amide bonds. The molecule has 5 heteroatoms. The van der Waals surface area contributed by atoms with E-state index in [-0.39, 0.29) is 24.3 Å². The van der Waals surface area contributed by atoms with Gasteiger partial charge in [-0.1, -0.05) is 18.2 Å². The number of carbonyl (C=O) groups is 2. The Bertz CT molecular complexity index is 488. The lowest BCUT2D eigenvalue weighted by Crippen LogP contribution is -2.32. The molecule has 0 fully saturated rings. The SMILES string of the molecule is O=C(CCC1Cc2ccccc2NC1=O)NCCCO. The van der Waals surface area contributed by atoms with Gasteiger partial charge in [0.1, 0.15) is 0 Å². The van der Waals surface area contributed by atoms with E-state index in [0.717, 1.165) is 11.3 Å². The molecule has 1 unspecified atom stereocenters. The summed E-state index contributed by atoms with van der Waals surface area (Å²) in [6.45, 7) is 0.553. The molecule has 20 heavy (non-hydrogen) atoms. The molecule has 3 N–H and O–H groups in total. The van der Waals surface area contributed by atoms with Crippen molar-refractivity contribution in [1.82, 2.24) is 5.32 Å². The number of rotatable bonds is 6. The van der Waals surface area contributed by atoms with Gasteiger partial charge in [-0.15, -0.1) is 0 Å². The molecule has 0 aromatic heterocycles. The average Bonchev–Trinajstić information content (AvgIpc) is 2.45. The fourth-order valence-electron chi connectivity index (χ4n) is 2.35. The molecule has 1 atom stereocenters. The van der Waals surface area contributed by atoms with E-state index < -0.39 is 0 Å². The summed E-state index contributed by atoms with van der Waals surface area (Å²) in [5.74, 6) is -0.217. The summed E-state index contributed by atoms with van der Waals surface area (Å²) in [5.41, 5.74) is 2.00. The smallest absolute Gasteiger partial charge is 0.227 e. The number of benzene rings is 1. The zero-order valence-electron chi connectivity index (χ0n) is 11.4. The molecule has 0 saturated carbocycles. The van der Waals surface area contributed by atoms with E-state index in [4.69, 9.17) is 5.11 Å². The highest BCUT2D eigenvalue weighted by atomic mass is 16.3. The van der Waals surface area contributed by atoms with Gasteiger partial charge in [0.15, 0.2) is 0 Å². The van der Waals surface area contributed by atoms with Crippen LogP contribution >= 0.6 is 0 Å². The number of aliphatic hydroxyl groups excluding tert-OH is 1. The predicted octanol–water partition coefficient (Wildman–Crippen LogP) is 1.08. The Morgan fingerprint density at radius 2 is 2.20 bits per heavy atom. The van der Waals surface area contributed by atoms with Gasteiger partial charge in [-0.25, -0.2) is 0 Å². The molecule has 0 aliphatic carbocycles. The second-order valence-electron chi connectivity index (χ2n) is 5.01. The van der Waals surface area contributed by atoms with Crippen LogP contribution in [0.15, 0.2) is 24.3 Å². The van der Waals surface area contributed by atoms with Gasteiger partial charge in [0.25, 0.3) is 0 Å². The van der Waals surface area contributed by atoms with Crippen LogP contribution in [0, 0.1) is 5.92 Å². The number of nitrogens with one attached hydrogen (secondary N) is 2. The van der Waals surface area contributed by atoms with Crippen LogP contribution in [0.25, 0.3) is 0 Å². The first-order chi connectivity index (χ1) is 9.70. The van der Waals surface area contributed by atoms with Crippen molar-refractivity contribution in [2.45, 2.75) is 25.7 Å². The fourth-order valence-corrected chi connectivity index (χ4v) is 2.35. The zero-order chi connectivity index (χ0) is 14.4. The Labute approximate surface area is 118 Å². The molecule has 0 bridgehead atoms. The van der Waals surface area contributed by atoms with Crippen molar-refractivity contribution in [3.8, 4) is 0 Å². The topological polar surface area (TPSA) is 78.4 Å². The maximum atomic E-state index is 12.0. The summed E-state index contributed by atoms with van der Waals surface area (Å²) in [5, 5.41) is 14.2. The highest BCUT2D eigenvalue weighted by Crippen LogP contribution is 2.27. The Kier molecular flexibility index (Phi) is 5.12. The first-order valence-electron chi connectivity index (χ1n) is 6.97. The molecule has 5 nitrogen and oxygen atoms in total. The summed E-state index contributed by atoms with van der Waals surface area (Å²) < 4.78 is 0. The van der Waals surface area contributed by atoms with Crippen molar-refractivity contribution in [2.75, 3.05) is 18.5 Å². The van der Waals surface area contributed by atoms with E-state index in [1.165, 1.54) is 0 Å². The van der Waals surface area contributed by atoms with Crippen LogP contribution in [0.3, 0.4) is 0 Å². The molecule has 2 rings (SSSR count). The van der Waals surface area contributed by atoms with E-state index in [9.17, 15) is 9.59 Å². The number of hydrogen-bond donors (Lipinski definition) is 3. The number of aliphatic hydroxyl groups is 1. The minimum absolute atomic E-state index is 0.00754. The third kappa shape index (κ3) is 3.81. The van der Waals surface area contributed by atoms with E-state index in [1.807, 2.05) is 24.3 Å². The van der Waals surface area contributed by atoms with E-state index in [0.29, 0.717) is 32.2 Å². The molecule has 1 aliphatic heterocycles. The lowest BCUT2D eigenvalue weighted by atomic mass is 9.89. The van der Waals surface area contributed by atoms with Crippen LogP contribution in [0.1, 0.15) is 24.8 Å². The van der Waals surface area contributed by atoms with Gasteiger partial charge < -0.3 is 15.7 Å². The third-order valence-corrected chi connectivity index (χ3v) is 3.49. The molecular weight excluding hydrogens is 256 g/mol. The monoisotopic (exact) mass is 276 g/mol. The van der Waals surface area contributed by atoms with Gasteiger partial charge in [-0.3, -0.25) is 9.59 Å². The zero-order valence-corrected chi connectivity index (χ0v) is 11.4. The van der Waals surface area contributed by atoms with Crippen LogP contribution < -0.4 is 10.6 Å². The molecule has 1 heterocycles. The lowest BCUT2D eigenvalue weighted by Gasteiger charge is -2.24. The fraction of sp³-hybridized carbons (Fsp3) is 0.467. The lowest BCUT2D eigenvalue weighted by molar-refractivity contribution is -0.122. The van der Waals surface area contributed by atoms with Gasteiger partial charge in [-0.05, 0) is 30.9 Å². The number of amides is 2. The van der Waals surface area contributed by atoms with Gasteiger partial charge >= 0.3 is 0 Å². The molecule has 0 spiro atoms. The number of hydrogen-bond acceptors (Lipinski definition) is 3. The second-order valence-corrected chi connectivity index (χ2v) is 5.01. The quantitative estimate of drug-likeness (QED) is 0.680. The molecule has 108 valence electrons. The average molecular weight is 276 g/mol. The van der Waals surface area contributed by atoms with Gasteiger partial charge in [0, 0.05) is 31.2 Å². The first kappa shape index (κ1) is 14.5. The molecule has 1 aliphatic rings. The van der Waals surface area contributed by atoms with Crippen molar-refractivity contribution >= 4 is 17.5 Å². The van der Waals surface area contributed by atoms with Crippen molar-refractivity contribution in [3.63, 3.8) is 0 Å². The Morgan fingerprint density at radius 3 is 3.00 bits per heavy atom. The van der Waals surface area contributed by atoms with Gasteiger partial charge in [-0.2, -0.15) is 0 Å². The van der Waals surface area contributed by atoms with E-state index in [2.05, 4.69) is 10.6 Å². The molecule has 0 saturated heterocycles. The van der Waals surface area contributed by atoms with Crippen molar-refractivity contribution in [1.29, 1.82) is 0 Å². The number of para-hydroxylation sites is 1. The Balaban J connectivity index is 1.82. The summed E-state index contributed by atoms with van der Waals surface area (Å²) in [6, 6.07) is 7.75. The van der Waals surface area contributed by atoms with Crippen LogP contribution in [-0.2, 0) is 16.0 Å². The molecule has 0 radical (unpaired) electrons. The van der Waals surface area contributed by atoms with Gasteiger partial charge in [0.05, 0.1) is 0 Å². The summed E-state index contributed by atoms with van der Waals surface area (Å²) in [6.07, 6.45) is 2.13. The minimum Gasteiger partial charge on any atom is -0.396 e. The van der Waals surface area contributed by atoms with Crippen molar-refractivity contribution in [2.24, 2.45) is 5.92 Å². The van der Waals surface area contributed by atoms with Crippen LogP contribution in [0.4, 0.5) is 5.69 Å². The standard InChI is InChI=1S/C15H20N2O3/c18-9-3-8-16-14(19)7-6-12-10-11-4-1-2-5-13(11)17-15(12)20/h1-2,4-5,12,18H,3,6-10H2,(H,16,19)(H,17,20). The number of carbonyl (C=O) groups excluding carboxylic acids is 2. The molecular formula is C15H20N2O3. The van der Waals surface area contributed by atoms with Crippen LogP contribution in [-0.4, -0.2) is 30.1 Å². The Morgan fingerprint density at radius 1 is 1.40 bits per heavy atom. The van der Waals surface area contributed by atoms with Crippen molar-refractivity contribution < 1.29 is 14.7 Å². The Hall–Kier alpha value is -1.88. The first-order valence-corrected chi connectivity index (χ1v) is 6.97. The predicted molar refractivity (Wildman–Crippen MR) is 76.2 cm³/mol.